The molecule has 3 heteroatoms. The second kappa shape index (κ2) is 2.58. The van der Waals surface area contributed by atoms with Crippen molar-refractivity contribution in [3.63, 3.8) is 0 Å². The van der Waals surface area contributed by atoms with E-state index in [4.69, 9.17) is 0 Å². The van der Waals surface area contributed by atoms with Gasteiger partial charge in [-0.25, -0.2) is 4.98 Å². The molecule has 0 saturated heterocycles. The molecule has 2 nitrogen and oxygen atoms in total. The summed E-state index contributed by atoms with van der Waals surface area (Å²) in [5.41, 5.74) is 1.28. The van der Waals surface area contributed by atoms with Crippen molar-refractivity contribution in [3.8, 4) is 0 Å². The van der Waals surface area contributed by atoms with Crippen molar-refractivity contribution in [2.75, 3.05) is 0 Å². The number of hydrogen-bond acceptors (Lipinski definition) is 1. The predicted octanol–water partition coefficient (Wildman–Crippen LogP) is 1.83. The molecule has 1 aromatic heterocycles. The Hall–Kier alpha value is -0.573. The SMILES string of the molecule is C[Si](C)(C)Cc1cnc[nH]1. The van der Waals surface area contributed by atoms with Crippen LogP contribution < -0.4 is 0 Å². The molecule has 56 valence electrons. The average molecular weight is 154 g/mol. The average Bonchev–Trinajstić information content (AvgIpc) is 2.12. The third kappa shape index (κ3) is 2.35. The molecule has 0 spiro atoms. The lowest BCUT2D eigenvalue weighted by atomic mass is 10.6. The Morgan fingerprint density at radius 3 is 2.60 bits per heavy atom. The molecule has 1 rings (SSSR count). The van der Waals surface area contributed by atoms with E-state index in [0.717, 1.165) is 0 Å². The van der Waals surface area contributed by atoms with E-state index in [1.54, 1.807) is 6.33 Å². The summed E-state index contributed by atoms with van der Waals surface area (Å²) < 4.78 is 0. The summed E-state index contributed by atoms with van der Waals surface area (Å²) in [7, 11) is -0.933. The third-order valence-electron chi connectivity index (χ3n) is 1.28. The van der Waals surface area contributed by atoms with Gasteiger partial charge in [0.15, 0.2) is 0 Å². The van der Waals surface area contributed by atoms with Gasteiger partial charge in [-0.2, -0.15) is 0 Å². The van der Waals surface area contributed by atoms with Gasteiger partial charge in [-0.1, -0.05) is 19.6 Å². The first-order valence-corrected chi connectivity index (χ1v) is 7.26. The molecule has 0 aromatic carbocycles. The molecule has 0 radical (unpaired) electrons. The summed E-state index contributed by atoms with van der Waals surface area (Å²) in [5.74, 6) is 0. The number of aromatic amines is 1. The Morgan fingerprint density at radius 2 is 2.20 bits per heavy atom. The van der Waals surface area contributed by atoms with Crippen molar-refractivity contribution in [2.24, 2.45) is 0 Å². The van der Waals surface area contributed by atoms with Gasteiger partial charge >= 0.3 is 0 Å². The van der Waals surface area contributed by atoms with E-state index in [2.05, 4.69) is 29.6 Å². The number of nitrogens with one attached hydrogen (secondary N) is 1. The summed E-state index contributed by atoms with van der Waals surface area (Å²) in [5, 5.41) is 0. The fourth-order valence-corrected chi connectivity index (χ4v) is 2.29. The summed E-state index contributed by atoms with van der Waals surface area (Å²) >= 11 is 0. The van der Waals surface area contributed by atoms with Crippen LogP contribution >= 0.6 is 0 Å². The Kier molecular flexibility index (Phi) is 1.94. The number of aromatic nitrogens is 2. The molecule has 10 heavy (non-hydrogen) atoms. The molecule has 0 atom stereocenters. The van der Waals surface area contributed by atoms with Gasteiger partial charge in [-0.15, -0.1) is 0 Å². The Labute approximate surface area is 62.7 Å². The molecule has 0 fully saturated rings. The number of H-pyrrole nitrogens is 1. The molecule has 0 saturated carbocycles. The van der Waals surface area contributed by atoms with E-state index in [1.165, 1.54) is 11.7 Å². The zero-order valence-corrected chi connectivity index (χ0v) is 7.81. The molecule has 0 aliphatic rings. The minimum Gasteiger partial charge on any atom is -0.349 e. The van der Waals surface area contributed by atoms with Gasteiger partial charge in [0.25, 0.3) is 0 Å². The summed E-state index contributed by atoms with van der Waals surface area (Å²) in [6.45, 7) is 7.06. The lowest BCUT2D eigenvalue weighted by Gasteiger charge is -2.13. The first-order valence-electron chi connectivity index (χ1n) is 3.55. The van der Waals surface area contributed by atoms with E-state index in [1.807, 2.05) is 6.20 Å². The fourth-order valence-electron chi connectivity index (χ4n) is 0.953. The van der Waals surface area contributed by atoms with Crippen LogP contribution in [0, 0.1) is 0 Å². The number of rotatable bonds is 2. The van der Waals surface area contributed by atoms with Crippen molar-refractivity contribution in [1.29, 1.82) is 0 Å². The predicted molar refractivity (Wildman–Crippen MR) is 45.6 cm³/mol. The van der Waals surface area contributed by atoms with E-state index in [0.29, 0.717) is 0 Å². The molecule has 0 aliphatic heterocycles. The van der Waals surface area contributed by atoms with Crippen molar-refractivity contribution in [1.82, 2.24) is 9.97 Å². The molecule has 0 aliphatic carbocycles. The minimum atomic E-state index is -0.933. The second-order valence-electron chi connectivity index (χ2n) is 3.81. The van der Waals surface area contributed by atoms with Crippen LogP contribution in [0.15, 0.2) is 12.5 Å². The van der Waals surface area contributed by atoms with Crippen molar-refractivity contribution in [3.05, 3.63) is 18.2 Å². The molecular weight excluding hydrogens is 140 g/mol. The van der Waals surface area contributed by atoms with Crippen LogP contribution in [0.25, 0.3) is 0 Å². The number of nitrogens with zero attached hydrogens (tertiary/aromatic N) is 1. The molecule has 0 amide bonds. The van der Waals surface area contributed by atoms with Gasteiger partial charge in [0.05, 0.1) is 14.4 Å². The van der Waals surface area contributed by atoms with Crippen LogP contribution in [0.2, 0.25) is 19.6 Å². The molecule has 0 bridgehead atoms. The van der Waals surface area contributed by atoms with Crippen molar-refractivity contribution in [2.45, 2.75) is 25.7 Å². The maximum atomic E-state index is 3.97. The highest BCUT2D eigenvalue weighted by Crippen LogP contribution is 2.07. The fraction of sp³-hybridized carbons (Fsp3) is 0.571. The maximum Gasteiger partial charge on any atom is 0.0921 e. The molecule has 0 unspecified atom stereocenters. The van der Waals surface area contributed by atoms with Crippen LogP contribution in [0.3, 0.4) is 0 Å². The normalized spacial score (nSPS) is 11.9. The highest BCUT2D eigenvalue weighted by molar-refractivity contribution is 6.75. The van der Waals surface area contributed by atoms with Crippen LogP contribution in [0.5, 0.6) is 0 Å². The summed E-state index contributed by atoms with van der Waals surface area (Å²) in [4.78, 5) is 7.09. The van der Waals surface area contributed by atoms with Crippen LogP contribution in [-0.4, -0.2) is 18.0 Å². The van der Waals surface area contributed by atoms with Gasteiger partial charge in [0.1, 0.15) is 0 Å². The zero-order chi connectivity index (χ0) is 7.61. The van der Waals surface area contributed by atoms with E-state index >= 15 is 0 Å². The first kappa shape index (κ1) is 7.53. The van der Waals surface area contributed by atoms with Crippen molar-refractivity contribution < 1.29 is 0 Å². The maximum absolute atomic E-state index is 3.97. The van der Waals surface area contributed by atoms with Crippen LogP contribution in [0.4, 0.5) is 0 Å². The van der Waals surface area contributed by atoms with Gasteiger partial charge in [-0.3, -0.25) is 0 Å². The van der Waals surface area contributed by atoms with E-state index < -0.39 is 8.07 Å². The molecule has 1 aromatic rings. The topological polar surface area (TPSA) is 28.7 Å². The highest BCUT2D eigenvalue weighted by atomic mass is 28.3. The highest BCUT2D eigenvalue weighted by Gasteiger charge is 2.13. The number of hydrogen-bond donors (Lipinski definition) is 1. The van der Waals surface area contributed by atoms with Gasteiger partial charge in [-0.05, 0) is 6.04 Å². The number of imidazole rings is 1. The Balaban J connectivity index is 2.57. The van der Waals surface area contributed by atoms with Crippen LogP contribution in [0.1, 0.15) is 5.69 Å². The monoisotopic (exact) mass is 154 g/mol. The zero-order valence-electron chi connectivity index (χ0n) is 6.81. The van der Waals surface area contributed by atoms with Gasteiger partial charge < -0.3 is 4.98 Å². The third-order valence-corrected chi connectivity index (χ3v) is 2.72. The minimum absolute atomic E-state index is 0.933. The quantitative estimate of drug-likeness (QED) is 0.647. The van der Waals surface area contributed by atoms with Crippen LogP contribution in [-0.2, 0) is 6.04 Å². The van der Waals surface area contributed by atoms with Gasteiger partial charge in [0.2, 0.25) is 0 Å². The Bertz CT molecular complexity index is 186. The van der Waals surface area contributed by atoms with E-state index in [9.17, 15) is 0 Å². The van der Waals surface area contributed by atoms with E-state index in [-0.39, 0.29) is 0 Å². The van der Waals surface area contributed by atoms with Crippen molar-refractivity contribution >= 4 is 8.07 Å². The Morgan fingerprint density at radius 1 is 1.50 bits per heavy atom. The molecule has 1 heterocycles. The standard InChI is InChI=1S/C7H14N2Si/c1-10(2,3)5-7-4-8-6-9-7/h4,6H,5H2,1-3H3,(H,8,9). The lowest BCUT2D eigenvalue weighted by molar-refractivity contribution is 1.18. The molecular formula is C7H14N2Si. The van der Waals surface area contributed by atoms with Gasteiger partial charge in [0, 0.05) is 11.9 Å². The first-order chi connectivity index (χ1) is 4.58. The smallest absolute Gasteiger partial charge is 0.0921 e. The molecule has 1 N–H and O–H groups in total. The summed E-state index contributed by atoms with van der Waals surface area (Å²) in [6.07, 6.45) is 3.66. The summed E-state index contributed by atoms with van der Waals surface area (Å²) in [6, 6.07) is 1.20. The lowest BCUT2D eigenvalue weighted by Crippen LogP contribution is -2.23. The largest absolute Gasteiger partial charge is 0.349 e. The second-order valence-corrected chi connectivity index (χ2v) is 9.29.